The summed E-state index contributed by atoms with van der Waals surface area (Å²) in [6, 6.07) is 10.4. The fraction of sp³-hybridized carbons (Fsp3) is 0.308. The average Bonchev–Trinajstić information content (AvgIpc) is 3.33. The van der Waals surface area contributed by atoms with Crippen LogP contribution in [0.4, 0.5) is 5.82 Å². The number of fused-ring (bicyclic) bond motifs is 3. The molecule has 0 aliphatic carbocycles. The van der Waals surface area contributed by atoms with E-state index in [1.165, 1.54) is 0 Å². The lowest BCUT2D eigenvalue weighted by atomic mass is 10.0. The number of anilines is 1. The Kier molecular flexibility index (Phi) is 4.96. The van der Waals surface area contributed by atoms with Crippen molar-refractivity contribution in [1.29, 1.82) is 0 Å². The van der Waals surface area contributed by atoms with Crippen LogP contribution in [-0.4, -0.2) is 67.0 Å². The van der Waals surface area contributed by atoms with Gasteiger partial charge in [0.15, 0.2) is 0 Å². The van der Waals surface area contributed by atoms with E-state index in [0.717, 1.165) is 76.4 Å². The summed E-state index contributed by atoms with van der Waals surface area (Å²) >= 11 is 0. The molecule has 0 atom stereocenters. The first-order valence-electron chi connectivity index (χ1n) is 11.8. The summed E-state index contributed by atoms with van der Waals surface area (Å²) in [5.41, 5.74) is 5.98. The highest BCUT2D eigenvalue weighted by molar-refractivity contribution is 6.04. The third-order valence-corrected chi connectivity index (χ3v) is 7.02. The van der Waals surface area contributed by atoms with Crippen LogP contribution in [0.2, 0.25) is 0 Å². The van der Waals surface area contributed by atoms with E-state index in [2.05, 4.69) is 51.2 Å². The van der Waals surface area contributed by atoms with Gasteiger partial charge in [-0.1, -0.05) is 6.07 Å². The van der Waals surface area contributed by atoms with Crippen LogP contribution >= 0.6 is 0 Å². The smallest absolute Gasteiger partial charge is 0.333 e. The van der Waals surface area contributed by atoms with Crippen LogP contribution in [0, 0.1) is 6.92 Å². The largest absolute Gasteiger partial charge is 0.354 e. The standard InChI is InChI=1S/C26H28N8O/c1-17-23(16-31(3)29-17)34-25-20-13-18(5-7-21(20)27-15-22(25)32(4)26(34)35)19-6-8-24(28-14-19)33-11-9-30(2)10-12-33/h5-8,13-16H,9-12H2,1-4H3. The van der Waals surface area contributed by atoms with Crippen LogP contribution in [0.15, 0.2) is 53.7 Å². The van der Waals surface area contributed by atoms with Gasteiger partial charge in [0.2, 0.25) is 0 Å². The molecule has 6 rings (SSSR count). The fourth-order valence-corrected chi connectivity index (χ4v) is 4.99. The van der Waals surface area contributed by atoms with Gasteiger partial charge in [0, 0.05) is 63.6 Å². The molecule has 1 saturated heterocycles. The normalized spacial score (nSPS) is 14.9. The van der Waals surface area contributed by atoms with Gasteiger partial charge in [-0.05, 0) is 43.8 Å². The molecule has 1 aliphatic rings. The van der Waals surface area contributed by atoms with E-state index in [9.17, 15) is 4.79 Å². The Balaban J connectivity index is 1.48. The van der Waals surface area contributed by atoms with Crippen molar-refractivity contribution in [3.05, 3.63) is 65.1 Å². The number of imidazole rings is 1. The van der Waals surface area contributed by atoms with Gasteiger partial charge in [-0.25, -0.2) is 9.78 Å². The first-order valence-corrected chi connectivity index (χ1v) is 11.8. The number of aromatic nitrogens is 6. The number of benzene rings is 1. The zero-order valence-electron chi connectivity index (χ0n) is 20.4. The molecule has 1 aliphatic heterocycles. The Morgan fingerprint density at radius 2 is 1.66 bits per heavy atom. The Bertz CT molecular complexity index is 1620. The van der Waals surface area contributed by atoms with Crippen LogP contribution in [-0.2, 0) is 14.1 Å². The van der Waals surface area contributed by atoms with E-state index >= 15 is 0 Å². The SMILES string of the molecule is Cc1nn(C)cc1-n1c(=O)n(C)c2cnc3ccc(-c4ccc(N5CCN(C)CC5)nc4)cc3c21. The second kappa shape index (κ2) is 8.06. The maximum Gasteiger partial charge on any atom is 0.333 e. The molecule has 9 nitrogen and oxygen atoms in total. The summed E-state index contributed by atoms with van der Waals surface area (Å²) in [6.07, 6.45) is 5.59. The third kappa shape index (κ3) is 3.50. The number of likely N-dealkylation sites (N-methyl/N-ethyl adjacent to an activating group) is 1. The summed E-state index contributed by atoms with van der Waals surface area (Å²) < 4.78 is 5.13. The highest BCUT2D eigenvalue weighted by Gasteiger charge is 2.20. The number of aryl methyl sites for hydroxylation is 3. The zero-order valence-corrected chi connectivity index (χ0v) is 20.4. The van der Waals surface area contributed by atoms with E-state index in [1.807, 2.05) is 32.4 Å². The summed E-state index contributed by atoms with van der Waals surface area (Å²) in [4.78, 5) is 27.4. The molecular weight excluding hydrogens is 440 g/mol. The number of hydrogen-bond donors (Lipinski definition) is 0. The average molecular weight is 469 g/mol. The molecule has 0 N–H and O–H groups in total. The Hall–Kier alpha value is -3.98. The molecule has 0 amide bonds. The second-order valence-electron chi connectivity index (χ2n) is 9.37. The summed E-state index contributed by atoms with van der Waals surface area (Å²) in [5.74, 6) is 1.01. The van der Waals surface area contributed by atoms with Gasteiger partial charge in [-0.3, -0.25) is 18.8 Å². The van der Waals surface area contributed by atoms with Crippen LogP contribution in [0.5, 0.6) is 0 Å². The van der Waals surface area contributed by atoms with Crippen molar-refractivity contribution in [3.63, 3.8) is 0 Å². The van der Waals surface area contributed by atoms with Crippen LogP contribution in [0.1, 0.15) is 5.69 Å². The van der Waals surface area contributed by atoms with Crippen molar-refractivity contribution in [3.8, 4) is 16.8 Å². The summed E-state index contributed by atoms with van der Waals surface area (Å²) in [7, 11) is 5.80. The van der Waals surface area contributed by atoms with Crippen molar-refractivity contribution in [1.82, 2.24) is 33.8 Å². The van der Waals surface area contributed by atoms with Crippen molar-refractivity contribution in [2.45, 2.75) is 6.92 Å². The summed E-state index contributed by atoms with van der Waals surface area (Å²) in [5, 5.41) is 5.38. The van der Waals surface area contributed by atoms with Crippen LogP contribution < -0.4 is 10.6 Å². The molecule has 0 spiro atoms. The molecule has 35 heavy (non-hydrogen) atoms. The van der Waals surface area contributed by atoms with Crippen molar-refractivity contribution >= 4 is 27.8 Å². The van der Waals surface area contributed by atoms with Gasteiger partial charge < -0.3 is 9.80 Å². The minimum absolute atomic E-state index is 0.117. The monoisotopic (exact) mass is 468 g/mol. The van der Waals surface area contributed by atoms with Gasteiger partial charge in [0.1, 0.15) is 5.82 Å². The molecule has 5 aromatic rings. The molecule has 4 aromatic heterocycles. The van der Waals surface area contributed by atoms with Gasteiger partial charge in [-0.2, -0.15) is 5.10 Å². The maximum absolute atomic E-state index is 13.3. The topological polar surface area (TPSA) is 77.0 Å². The van der Waals surface area contributed by atoms with E-state index in [1.54, 1.807) is 27.1 Å². The zero-order chi connectivity index (χ0) is 24.3. The Labute approximate surface area is 202 Å². The molecule has 0 saturated carbocycles. The molecule has 0 bridgehead atoms. The van der Waals surface area contributed by atoms with Gasteiger partial charge in [-0.15, -0.1) is 0 Å². The first-order chi connectivity index (χ1) is 16.9. The van der Waals surface area contributed by atoms with E-state index < -0.39 is 0 Å². The highest BCUT2D eigenvalue weighted by Crippen LogP contribution is 2.30. The fourth-order valence-electron chi connectivity index (χ4n) is 4.99. The lowest BCUT2D eigenvalue weighted by Gasteiger charge is -2.33. The van der Waals surface area contributed by atoms with Crippen LogP contribution in [0.3, 0.4) is 0 Å². The third-order valence-electron chi connectivity index (χ3n) is 7.02. The van der Waals surface area contributed by atoms with Gasteiger partial charge in [0.05, 0.1) is 34.1 Å². The number of piperazine rings is 1. The lowest BCUT2D eigenvalue weighted by Crippen LogP contribution is -2.44. The predicted octanol–water partition coefficient (Wildman–Crippen LogP) is 2.73. The van der Waals surface area contributed by atoms with Gasteiger partial charge >= 0.3 is 5.69 Å². The molecule has 178 valence electrons. The van der Waals surface area contributed by atoms with Crippen molar-refractivity contribution in [2.75, 3.05) is 38.1 Å². The maximum atomic E-state index is 13.3. The van der Waals surface area contributed by atoms with Crippen molar-refractivity contribution < 1.29 is 0 Å². The highest BCUT2D eigenvalue weighted by atomic mass is 16.1. The minimum Gasteiger partial charge on any atom is -0.354 e. The molecule has 9 heteroatoms. The molecule has 0 radical (unpaired) electrons. The molecular formula is C26H28N8O. The Morgan fingerprint density at radius 1 is 0.886 bits per heavy atom. The van der Waals surface area contributed by atoms with E-state index in [0.29, 0.717) is 0 Å². The number of hydrogen-bond acceptors (Lipinski definition) is 6. The van der Waals surface area contributed by atoms with Crippen molar-refractivity contribution in [2.24, 2.45) is 14.1 Å². The first kappa shape index (κ1) is 21.5. The second-order valence-corrected chi connectivity index (χ2v) is 9.37. The molecule has 5 heterocycles. The van der Waals surface area contributed by atoms with Crippen LogP contribution in [0.25, 0.3) is 38.8 Å². The lowest BCUT2D eigenvalue weighted by molar-refractivity contribution is 0.312. The quantitative estimate of drug-likeness (QED) is 0.405. The molecule has 1 fully saturated rings. The predicted molar refractivity (Wildman–Crippen MR) is 138 cm³/mol. The number of rotatable bonds is 3. The summed E-state index contributed by atoms with van der Waals surface area (Å²) in [6.45, 7) is 5.99. The number of pyridine rings is 2. The molecule has 1 aromatic carbocycles. The molecule has 0 unspecified atom stereocenters. The van der Waals surface area contributed by atoms with Gasteiger partial charge in [0.25, 0.3) is 0 Å². The Morgan fingerprint density at radius 3 is 2.34 bits per heavy atom. The number of nitrogens with zero attached hydrogens (tertiary/aromatic N) is 8. The van der Waals surface area contributed by atoms with E-state index in [4.69, 9.17) is 4.98 Å². The van der Waals surface area contributed by atoms with E-state index in [-0.39, 0.29) is 5.69 Å². The minimum atomic E-state index is -0.117.